The first-order valence-corrected chi connectivity index (χ1v) is 6.77. The monoisotopic (exact) mass is 298 g/mol. The zero-order chi connectivity index (χ0) is 14.5. The number of carbonyl (C=O) groups excluding carboxylic acids is 1. The Morgan fingerprint density at radius 3 is 3.05 bits per heavy atom. The zero-order valence-electron chi connectivity index (χ0n) is 10.8. The average molecular weight is 299 g/mol. The van der Waals surface area contributed by atoms with Crippen LogP contribution in [0.2, 0.25) is 5.15 Å². The number of pyridine rings is 1. The van der Waals surface area contributed by atoms with Gasteiger partial charge in [0, 0.05) is 12.1 Å². The van der Waals surface area contributed by atoms with Gasteiger partial charge < -0.3 is 10.6 Å². The van der Waals surface area contributed by atoms with Crippen LogP contribution in [-0.2, 0) is 0 Å². The van der Waals surface area contributed by atoms with Gasteiger partial charge in [-0.3, -0.25) is 14.9 Å². The predicted molar refractivity (Wildman–Crippen MR) is 73.9 cm³/mol. The molecule has 1 aromatic heterocycles. The number of rotatable bonds is 3. The molecule has 20 heavy (non-hydrogen) atoms. The van der Waals surface area contributed by atoms with Gasteiger partial charge in [0.2, 0.25) is 0 Å². The van der Waals surface area contributed by atoms with E-state index >= 15 is 0 Å². The van der Waals surface area contributed by atoms with Crippen molar-refractivity contribution in [1.82, 2.24) is 15.6 Å². The molecule has 1 fully saturated rings. The number of carbonyl (C=O) groups is 1. The van der Waals surface area contributed by atoms with Crippen LogP contribution >= 0.6 is 11.6 Å². The van der Waals surface area contributed by atoms with Crippen LogP contribution in [0.5, 0.6) is 0 Å². The number of halogens is 1. The lowest BCUT2D eigenvalue weighted by Crippen LogP contribution is -2.35. The van der Waals surface area contributed by atoms with Gasteiger partial charge in [-0.2, -0.15) is 0 Å². The maximum atomic E-state index is 12.1. The molecule has 1 aliphatic heterocycles. The molecule has 0 bridgehead atoms. The molecule has 1 aromatic rings. The molecule has 7 nitrogen and oxygen atoms in total. The molecular formula is C12H15ClN4O3. The van der Waals surface area contributed by atoms with Crippen molar-refractivity contribution >= 4 is 23.2 Å². The van der Waals surface area contributed by atoms with E-state index in [1.807, 2.05) is 0 Å². The minimum absolute atomic E-state index is 0.0279. The summed E-state index contributed by atoms with van der Waals surface area (Å²) in [6.07, 6.45) is 3.71. The Morgan fingerprint density at radius 1 is 1.50 bits per heavy atom. The molecule has 2 rings (SSSR count). The second kappa shape index (κ2) is 6.62. The molecule has 1 amide bonds. The van der Waals surface area contributed by atoms with Crippen molar-refractivity contribution in [2.45, 2.75) is 25.3 Å². The van der Waals surface area contributed by atoms with Crippen molar-refractivity contribution in [1.29, 1.82) is 0 Å². The third-order valence-electron chi connectivity index (χ3n) is 3.19. The molecule has 0 radical (unpaired) electrons. The number of aromatic nitrogens is 1. The van der Waals surface area contributed by atoms with Crippen LogP contribution in [0.1, 0.15) is 29.6 Å². The Hall–Kier alpha value is -1.73. The molecule has 1 atom stereocenters. The average Bonchev–Trinajstić information content (AvgIpc) is 2.67. The SMILES string of the molecule is O=C(NC1CCCNCC1)c1cc([N+](=O)[O-])cnc1Cl. The summed E-state index contributed by atoms with van der Waals surface area (Å²) in [6.45, 7) is 1.78. The molecule has 8 heteroatoms. The highest BCUT2D eigenvalue weighted by molar-refractivity contribution is 6.32. The van der Waals surface area contributed by atoms with Crippen molar-refractivity contribution in [2.75, 3.05) is 13.1 Å². The van der Waals surface area contributed by atoms with Crippen molar-refractivity contribution in [3.05, 3.63) is 33.1 Å². The lowest BCUT2D eigenvalue weighted by Gasteiger charge is -2.16. The zero-order valence-corrected chi connectivity index (χ0v) is 11.5. The van der Waals surface area contributed by atoms with Crippen molar-refractivity contribution in [3.63, 3.8) is 0 Å². The van der Waals surface area contributed by atoms with E-state index in [2.05, 4.69) is 15.6 Å². The Balaban J connectivity index is 2.11. The predicted octanol–water partition coefficient (Wildman–Crippen LogP) is 1.52. The van der Waals surface area contributed by atoms with Gasteiger partial charge in [-0.05, 0) is 32.4 Å². The lowest BCUT2D eigenvalue weighted by atomic mass is 10.1. The highest BCUT2D eigenvalue weighted by Crippen LogP contribution is 2.19. The van der Waals surface area contributed by atoms with Gasteiger partial charge in [0.05, 0.1) is 10.5 Å². The summed E-state index contributed by atoms with van der Waals surface area (Å²) in [7, 11) is 0. The van der Waals surface area contributed by atoms with E-state index in [0.717, 1.165) is 44.6 Å². The maximum absolute atomic E-state index is 12.1. The minimum Gasteiger partial charge on any atom is -0.349 e. The summed E-state index contributed by atoms with van der Waals surface area (Å²) < 4.78 is 0. The highest BCUT2D eigenvalue weighted by atomic mass is 35.5. The van der Waals surface area contributed by atoms with E-state index in [4.69, 9.17) is 11.6 Å². The van der Waals surface area contributed by atoms with E-state index in [1.165, 1.54) is 0 Å². The summed E-state index contributed by atoms with van der Waals surface area (Å²) >= 11 is 5.84. The minimum atomic E-state index is -0.602. The smallest absolute Gasteiger partial charge is 0.288 e. The van der Waals surface area contributed by atoms with Gasteiger partial charge in [0.15, 0.2) is 0 Å². The van der Waals surface area contributed by atoms with E-state index < -0.39 is 10.8 Å². The van der Waals surface area contributed by atoms with Crippen molar-refractivity contribution < 1.29 is 9.72 Å². The number of amides is 1. The van der Waals surface area contributed by atoms with Crippen LogP contribution in [0.4, 0.5) is 5.69 Å². The summed E-state index contributed by atoms with van der Waals surface area (Å²) in [5, 5.41) is 16.8. The number of hydrogen-bond donors (Lipinski definition) is 2. The first-order chi connectivity index (χ1) is 9.58. The van der Waals surface area contributed by atoms with E-state index in [-0.39, 0.29) is 22.4 Å². The molecule has 1 saturated heterocycles. The van der Waals surface area contributed by atoms with Crippen LogP contribution in [0.25, 0.3) is 0 Å². The Labute approximate surface area is 120 Å². The second-order valence-corrected chi connectivity index (χ2v) is 5.00. The van der Waals surface area contributed by atoms with Gasteiger partial charge in [0.25, 0.3) is 11.6 Å². The standard InChI is InChI=1S/C12H15ClN4O3/c13-11-10(6-9(7-15-11)17(19)20)12(18)16-8-2-1-4-14-5-3-8/h6-8,14H,1-5H2,(H,16,18). The van der Waals surface area contributed by atoms with Crippen LogP contribution in [0.15, 0.2) is 12.3 Å². The fourth-order valence-electron chi connectivity index (χ4n) is 2.12. The topological polar surface area (TPSA) is 97.2 Å². The first kappa shape index (κ1) is 14.7. The number of nitro groups is 1. The molecule has 0 aromatic carbocycles. The van der Waals surface area contributed by atoms with Gasteiger partial charge in [-0.1, -0.05) is 11.6 Å². The third kappa shape index (κ3) is 3.64. The second-order valence-electron chi connectivity index (χ2n) is 4.64. The number of nitrogens with one attached hydrogen (secondary N) is 2. The molecule has 1 aliphatic rings. The van der Waals surface area contributed by atoms with Crippen LogP contribution in [0.3, 0.4) is 0 Å². The Bertz CT molecular complexity index is 515. The van der Waals surface area contributed by atoms with Crippen molar-refractivity contribution in [3.8, 4) is 0 Å². The van der Waals surface area contributed by atoms with Crippen LogP contribution in [-0.4, -0.2) is 34.9 Å². The molecule has 108 valence electrons. The molecule has 0 aliphatic carbocycles. The molecule has 0 spiro atoms. The van der Waals surface area contributed by atoms with Gasteiger partial charge in [0.1, 0.15) is 11.3 Å². The molecule has 2 heterocycles. The van der Waals surface area contributed by atoms with E-state index in [9.17, 15) is 14.9 Å². The quantitative estimate of drug-likeness (QED) is 0.501. The summed E-state index contributed by atoms with van der Waals surface area (Å²) in [5.74, 6) is -0.418. The van der Waals surface area contributed by atoms with Gasteiger partial charge >= 0.3 is 0 Å². The summed E-state index contributed by atoms with van der Waals surface area (Å²) in [5.41, 5.74) is -0.208. The molecular weight excluding hydrogens is 284 g/mol. The lowest BCUT2D eigenvalue weighted by molar-refractivity contribution is -0.385. The summed E-state index contributed by atoms with van der Waals surface area (Å²) in [4.78, 5) is 25.9. The normalized spacial score (nSPS) is 19.1. The fraction of sp³-hybridized carbons (Fsp3) is 0.500. The van der Waals surface area contributed by atoms with E-state index in [1.54, 1.807) is 0 Å². The Kier molecular flexibility index (Phi) is 4.86. The summed E-state index contributed by atoms with van der Waals surface area (Å²) in [6, 6.07) is 1.20. The largest absolute Gasteiger partial charge is 0.349 e. The number of nitrogens with zero attached hydrogens (tertiary/aromatic N) is 2. The molecule has 2 N–H and O–H groups in total. The maximum Gasteiger partial charge on any atom is 0.288 e. The van der Waals surface area contributed by atoms with Crippen LogP contribution in [0, 0.1) is 10.1 Å². The highest BCUT2D eigenvalue weighted by Gasteiger charge is 2.20. The molecule has 0 saturated carbocycles. The third-order valence-corrected chi connectivity index (χ3v) is 3.49. The fourth-order valence-corrected chi connectivity index (χ4v) is 2.31. The Morgan fingerprint density at radius 2 is 2.30 bits per heavy atom. The number of hydrogen-bond acceptors (Lipinski definition) is 5. The van der Waals surface area contributed by atoms with Crippen molar-refractivity contribution in [2.24, 2.45) is 0 Å². The van der Waals surface area contributed by atoms with Gasteiger partial charge in [-0.25, -0.2) is 4.98 Å². The molecule has 1 unspecified atom stereocenters. The first-order valence-electron chi connectivity index (χ1n) is 6.39. The van der Waals surface area contributed by atoms with Gasteiger partial charge in [-0.15, -0.1) is 0 Å². The van der Waals surface area contributed by atoms with Crippen LogP contribution < -0.4 is 10.6 Å². The van der Waals surface area contributed by atoms with E-state index in [0.29, 0.717) is 0 Å².